The summed E-state index contributed by atoms with van der Waals surface area (Å²) < 4.78 is 27.4. The zero-order valence-electron chi connectivity index (χ0n) is 16.5. The van der Waals surface area contributed by atoms with Gasteiger partial charge in [-0.05, 0) is 54.5 Å². The van der Waals surface area contributed by atoms with Gasteiger partial charge in [0, 0.05) is 25.3 Å². The molecule has 1 aromatic carbocycles. The van der Waals surface area contributed by atoms with Crippen LogP contribution in [0.1, 0.15) is 35.2 Å². The van der Waals surface area contributed by atoms with Gasteiger partial charge in [-0.3, -0.25) is 9.59 Å². The molecule has 1 saturated heterocycles. The molecule has 0 atom stereocenters. The van der Waals surface area contributed by atoms with Gasteiger partial charge in [-0.2, -0.15) is 4.31 Å². The van der Waals surface area contributed by atoms with E-state index in [0.29, 0.717) is 41.5 Å². The maximum Gasteiger partial charge on any atom is 0.251 e. The van der Waals surface area contributed by atoms with Crippen LogP contribution >= 0.6 is 11.3 Å². The lowest BCUT2D eigenvalue weighted by Crippen LogP contribution is -2.35. The third kappa shape index (κ3) is 4.07. The molecule has 2 aliphatic heterocycles. The highest BCUT2D eigenvalue weighted by Crippen LogP contribution is 2.32. The summed E-state index contributed by atoms with van der Waals surface area (Å²) in [6.07, 6.45) is 3.54. The largest absolute Gasteiger partial charge is 0.366 e. The molecule has 0 spiro atoms. The van der Waals surface area contributed by atoms with Gasteiger partial charge in [0.2, 0.25) is 15.9 Å². The van der Waals surface area contributed by atoms with Gasteiger partial charge in [0.25, 0.3) is 5.91 Å². The molecule has 0 saturated carbocycles. The van der Waals surface area contributed by atoms with Crippen molar-refractivity contribution in [1.29, 1.82) is 0 Å². The minimum atomic E-state index is -3.48. The fourth-order valence-electron chi connectivity index (χ4n) is 3.97. The zero-order valence-corrected chi connectivity index (χ0v) is 18.1. The van der Waals surface area contributed by atoms with Crippen LogP contribution in [0.2, 0.25) is 0 Å². The van der Waals surface area contributed by atoms with Crippen molar-refractivity contribution in [1.82, 2.24) is 4.31 Å². The van der Waals surface area contributed by atoms with Crippen molar-refractivity contribution in [3.05, 3.63) is 40.8 Å². The van der Waals surface area contributed by atoms with Gasteiger partial charge in [-0.15, -0.1) is 11.3 Å². The molecule has 0 bridgehead atoms. The van der Waals surface area contributed by atoms with E-state index in [1.54, 1.807) is 34.0 Å². The second-order valence-corrected chi connectivity index (χ2v) is 10.4. The number of rotatable bonds is 6. The highest BCUT2D eigenvalue weighted by molar-refractivity contribution is 7.89. The number of primary amides is 1. The minimum Gasteiger partial charge on any atom is -0.366 e. The Kier molecular flexibility index (Phi) is 5.81. The number of fused-ring (bicyclic) bond motifs is 1. The summed E-state index contributed by atoms with van der Waals surface area (Å²) in [5, 5.41) is 4.88. The molecule has 1 aromatic heterocycles. The number of hydrogen-bond donors (Lipinski definition) is 2. The van der Waals surface area contributed by atoms with E-state index in [1.807, 2.05) is 4.90 Å². The smallest absolute Gasteiger partial charge is 0.251 e. The Morgan fingerprint density at radius 1 is 1.10 bits per heavy atom. The van der Waals surface area contributed by atoms with Crippen LogP contribution in [0.25, 0.3) is 0 Å². The molecule has 2 aliphatic rings. The van der Waals surface area contributed by atoms with Crippen LogP contribution in [-0.4, -0.2) is 50.7 Å². The van der Waals surface area contributed by atoms with Crippen molar-refractivity contribution < 1.29 is 18.0 Å². The Morgan fingerprint density at radius 3 is 2.60 bits per heavy atom. The monoisotopic (exact) mass is 448 g/mol. The zero-order chi connectivity index (χ0) is 21.3. The molecule has 2 amide bonds. The van der Waals surface area contributed by atoms with Crippen molar-refractivity contribution in [2.75, 3.05) is 36.4 Å². The second kappa shape index (κ2) is 8.37. The number of sulfonamides is 1. The van der Waals surface area contributed by atoms with Crippen LogP contribution in [0.15, 0.2) is 34.5 Å². The molecule has 0 unspecified atom stereocenters. The summed E-state index contributed by atoms with van der Waals surface area (Å²) in [5.74, 6) is -0.835. The van der Waals surface area contributed by atoms with Crippen LogP contribution in [0.3, 0.4) is 0 Å². The maximum absolute atomic E-state index is 12.9. The summed E-state index contributed by atoms with van der Waals surface area (Å²) in [4.78, 5) is 26.1. The van der Waals surface area contributed by atoms with E-state index in [9.17, 15) is 18.0 Å². The van der Waals surface area contributed by atoms with Crippen molar-refractivity contribution in [3.63, 3.8) is 0 Å². The first kappa shape index (κ1) is 20.8. The number of nitrogens with zero attached hydrogens (tertiary/aromatic N) is 2. The van der Waals surface area contributed by atoms with Crippen LogP contribution in [0, 0.1) is 0 Å². The molecule has 8 nitrogen and oxygen atoms in total. The third-order valence-corrected chi connectivity index (χ3v) is 8.24. The van der Waals surface area contributed by atoms with Crippen molar-refractivity contribution >= 4 is 43.9 Å². The number of benzene rings is 1. The highest BCUT2D eigenvalue weighted by Gasteiger charge is 2.29. The molecule has 30 heavy (non-hydrogen) atoms. The van der Waals surface area contributed by atoms with Gasteiger partial charge in [0.1, 0.15) is 5.00 Å². The Balaban J connectivity index is 1.46. The van der Waals surface area contributed by atoms with Crippen LogP contribution < -0.4 is 16.0 Å². The predicted octanol–water partition coefficient (Wildman–Crippen LogP) is 2.02. The number of thiophene rings is 1. The number of anilines is 2. The number of piperidine rings is 1. The van der Waals surface area contributed by atoms with E-state index >= 15 is 0 Å². The first-order valence-electron chi connectivity index (χ1n) is 9.91. The Labute approximate surface area is 179 Å². The summed E-state index contributed by atoms with van der Waals surface area (Å²) in [7, 11) is -3.48. The lowest BCUT2D eigenvalue weighted by atomic mass is 10.2. The fourth-order valence-corrected chi connectivity index (χ4v) is 6.34. The number of nitrogens with two attached hydrogens (primary N) is 1. The molecule has 1 fully saturated rings. The molecule has 4 rings (SSSR count). The number of carbonyl (C=O) groups is 2. The predicted molar refractivity (Wildman–Crippen MR) is 116 cm³/mol. The van der Waals surface area contributed by atoms with E-state index in [1.165, 1.54) is 11.3 Å². The van der Waals surface area contributed by atoms with Gasteiger partial charge < -0.3 is 16.0 Å². The summed E-state index contributed by atoms with van der Waals surface area (Å²) in [6.45, 7) is 1.88. The van der Waals surface area contributed by atoms with Gasteiger partial charge in [0.15, 0.2) is 0 Å². The molecule has 0 aliphatic carbocycles. The lowest BCUT2D eigenvalue weighted by molar-refractivity contribution is -0.114. The lowest BCUT2D eigenvalue weighted by Gasteiger charge is -2.26. The highest BCUT2D eigenvalue weighted by atomic mass is 32.2. The van der Waals surface area contributed by atoms with Gasteiger partial charge >= 0.3 is 0 Å². The van der Waals surface area contributed by atoms with E-state index in [2.05, 4.69) is 5.32 Å². The average Bonchev–Trinajstić information content (AvgIpc) is 3.35. The van der Waals surface area contributed by atoms with Crippen molar-refractivity contribution in [3.8, 4) is 0 Å². The van der Waals surface area contributed by atoms with Crippen LogP contribution in [0.5, 0.6) is 0 Å². The normalized spacial score (nSPS) is 17.0. The Hall–Kier alpha value is -2.43. The SMILES string of the molecule is NC(=O)c1ccsc1NC(=O)CN1CCc2cc(S(=O)(=O)N3CCCCC3)ccc21. The molecule has 160 valence electrons. The summed E-state index contributed by atoms with van der Waals surface area (Å²) >= 11 is 1.25. The quantitative estimate of drug-likeness (QED) is 0.702. The molecule has 10 heteroatoms. The molecule has 3 N–H and O–H groups in total. The summed E-state index contributed by atoms with van der Waals surface area (Å²) in [6, 6.07) is 6.73. The Bertz CT molecular complexity index is 1070. The minimum absolute atomic E-state index is 0.112. The fraction of sp³-hybridized carbons (Fsp3) is 0.400. The number of hydrogen-bond acceptors (Lipinski definition) is 6. The first-order chi connectivity index (χ1) is 14.4. The Morgan fingerprint density at radius 2 is 1.87 bits per heavy atom. The summed E-state index contributed by atoms with van der Waals surface area (Å²) in [5.41, 5.74) is 7.40. The third-order valence-electron chi connectivity index (χ3n) is 5.51. The van der Waals surface area contributed by atoms with Crippen molar-refractivity contribution in [2.24, 2.45) is 5.73 Å². The molecule has 2 aromatic rings. The van der Waals surface area contributed by atoms with Gasteiger partial charge in [0.05, 0.1) is 17.0 Å². The van der Waals surface area contributed by atoms with E-state index in [-0.39, 0.29) is 12.5 Å². The van der Waals surface area contributed by atoms with Crippen molar-refractivity contribution in [2.45, 2.75) is 30.6 Å². The average molecular weight is 449 g/mol. The standard InChI is InChI=1S/C20H24N4O4S2/c21-19(26)16-7-11-29-20(16)22-18(25)13-23-10-6-14-12-15(4-5-17(14)23)30(27,28)24-8-2-1-3-9-24/h4-5,7,11-12H,1-3,6,8-10,13H2,(H2,21,26)(H,22,25). The van der Waals surface area contributed by atoms with E-state index in [4.69, 9.17) is 5.73 Å². The molecular formula is C20H24N4O4S2. The maximum atomic E-state index is 12.9. The number of nitrogens with one attached hydrogen (secondary N) is 1. The van der Waals surface area contributed by atoms with E-state index in [0.717, 1.165) is 30.5 Å². The number of carbonyl (C=O) groups excluding carboxylic acids is 2. The number of amides is 2. The van der Waals surface area contributed by atoms with Gasteiger partial charge in [-0.1, -0.05) is 6.42 Å². The van der Waals surface area contributed by atoms with E-state index < -0.39 is 15.9 Å². The molecule has 0 radical (unpaired) electrons. The topological polar surface area (TPSA) is 113 Å². The van der Waals surface area contributed by atoms with Crippen LogP contribution in [-0.2, 0) is 21.2 Å². The van der Waals surface area contributed by atoms with Crippen LogP contribution in [0.4, 0.5) is 10.7 Å². The first-order valence-corrected chi connectivity index (χ1v) is 12.2. The molecule has 3 heterocycles. The second-order valence-electron chi connectivity index (χ2n) is 7.50. The van der Waals surface area contributed by atoms with Gasteiger partial charge in [-0.25, -0.2) is 8.42 Å². The molecular weight excluding hydrogens is 424 g/mol.